The third kappa shape index (κ3) is 3.53. The Morgan fingerprint density at radius 3 is 2.33 bits per heavy atom. The zero-order chi connectivity index (χ0) is 14.7. The number of hydrogen-bond acceptors (Lipinski definition) is 2. The van der Waals surface area contributed by atoms with Crippen LogP contribution < -0.4 is 5.32 Å². The van der Waals surface area contributed by atoms with Crippen LogP contribution in [0.2, 0.25) is 0 Å². The third-order valence-corrected chi connectivity index (χ3v) is 5.77. The first-order valence-corrected chi connectivity index (χ1v) is 9.01. The molecule has 4 heteroatoms. The maximum absolute atomic E-state index is 12.6. The van der Waals surface area contributed by atoms with E-state index in [4.69, 9.17) is 0 Å². The summed E-state index contributed by atoms with van der Waals surface area (Å²) in [6, 6.07) is 0.774. The lowest BCUT2D eigenvalue weighted by Crippen LogP contribution is -2.55. The van der Waals surface area contributed by atoms with E-state index in [9.17, 15) is 9.90 Å². The van der Waals surface area contributed by atoms with Gasteiger partial charge in [-0.05, 0) is 44.9 Å². The number of likely N-dealkylation sites (tertiary alicyclic amines) is 1. The minimum absolute atomic E-state index is 0.129. The Hall–Kier alpha value is -0.770. The molecule has 120 valence electrons. The highest BCUT2D eigenvalue weighted by Crippen LogP contribution is 2.34. The third-order valence-electron chi connectivity index (χ3n) is 5.77. The van der Waals surface area contributed by atoms with Crippen LogP contribution in [0.3, 0.4) is 0 Å². The summed E-state index contributed by atoms with van der Waals surface area (Å²) in [5, 5.41) is 13.6. The molecule has 0 aromatic heterocycles. The Labute approximate surface area is 128 Å². The molecule has 4 nitrogen and oxygen atoms in total. The highest BCUT2D eigenvalue weighted by molar-refractivity contribution is 5.75. The molecule has 3 atom stereocenters. The second kappa shape index (κ2) is 6.99. The van der Waals surface area contributed by atoms with Crippen LogP contribution in [0, 0.1) is 5.92 Å². The van der Waals surface area contributed by atoms with Crippen LogP contribution in [-0.4, -0.2) is 40.8 Å². The summed E-state index contributed by atoms with van der Waals surface area (Å²) < 4.78 is 0. The fourth-order valence-corrected chi connectivity index (χ4v) is 4.57. The number of nitrogens with one attached hydrogen (secondary N) is 1. The second-order valence-corrected chi connectivity index (χ2v) is 7.20. The summed E-state index contributed by atoms with van der Waals surface area (Å²) in [7, 11) is 0. The molecule has 0 bridgehead atoms. The van der Waals surface area contributed by atoms with Crippen LogP contribution in [0.15, 0.2) is 0 Å². The molecule has 2 N–H and O–H groups in total. The van der Waals surface area contributed by atoms with Crippen molar-refractivity contribution in [2.75, 3.05) is 6.54 Å². The lowest BCUT2D eigenvalue weighted by molar-refractivity contribution is 0.00805. The number of carbonyl (C=O) groups excluding carboxylic acids is 1. The van der Waals surface area contributed by atoms with Crippen molar-refractivity contribution in [2.45, 2.75) is 88.8 Å². The maximum atomic E-state index is 12.6. The van der Waals surface area contributed by atoms with Gasteiger partial charge in [0.2, 0.25) is 0 Å². The van der Waals surface area contributed by atoms with E-state index in [0.717, 1.165) is 51.5 Å². The van der Waals surface area contributed by atoms with Gasteiger partial charge in [0.25, 0.3) is 0 Å². The molecule has 3 rings (SSSR count). The van der Waals surface area contributed by atoms with E-state index in [1.54, 1.807) is 0 Å². The normalized spacial score (nSPS) is 34.9. The van der Waals surface area contributed by atoms with E-state index < -0.39 is 0 Å². The number of piperidine rings is 1. The fourth-order valence-electron chi connectivity index (χ4n) is 4.57. The monoisotopic (exact) mass is 294 g/mol. The SMILES string of the molecule is O=C(NC1CCCC1)N1CCCCC1C1CCCCC1O. The quantitative estimate of drug-likeness (QED) is 0.822. The number of urea groups is 1. The van der Waals surface area contributed by atoms with Crippen molar-refractivity contribution in [1.82, 2.24) is 10.2 Å². The number of aliphatic hydroxyl groups excluding tert-OH is 1. The van der Waals surface area contributed by atoms with Gasteiger partial charge >= 0.3 is 6.03 Å². The lowest BCUT2D eigenvalue weighted by atomic mass is 9.78. The zero-order valence-electron chi connectivity index (χ0n) is 13.1. The van der Waals surface area contributed by atoms with Gasteiger partial charge in [0.05, 0.1) is 6.10 Å². The molecule has 0 spiro atoms. The number of aliphatic hydroxyl groups is 1. The highest BCUT2D eigenvalue weighted by Gasteiger charge is 2.38. The fraction of sp³-hybridized carbons (Fsp3) is 0.941. The molecule has 3 aliphatic rings. The molecule has 0 aromatic carbocycles. The minimum atomic E-state index is -0.205. The van der Waals surface area contributed by atoms with Crippen molar-refractivity contribution < 1.29 is 9.90 Å². The Bertz CT molecular complexity index is 355. The molecular formula is C17H30N2O2. The molecule has 3 unspecified atom stereocenters. The lowest BCUT2D eigenvalue weighted by Gasteiger charge is -2.43. The smallest absolute Gasteiger partial charge is 0.317 e. The Morgan fingerprint density at radius 2 is 1.57 bits per heavy atom. The number of amides is 2. The average Bonchev–Trinajstić information content (AvgIpc) is 3.01. The predicted molar refractivity (Wildman–Crippen MR) is 83.1 cm³/mol. The molecular weight excluding hydrogens is 264 g/mol. The van der Waals surface area contributed by atoms with Gasteiger partial charge in [-0.25, -0.2) is 4.79 Å². The predicted octanol–water partition coefficient (Wildman–Crippen LogP) is 3.04. The van der Waals surface area contributed by atoms with E-state index in [-0.39, 0.29) is 18.2 Å². The van der Waals surface area contributed by atoms with E-state index in [1.807, 2.05) is 0 Å². The first kappa shape index (κ1) is 15.1. The van der Waals surface area contributed by atoms with Crippen LogP contribution in [0.25, 0.3) is 0 Å². The van der Waals surface area contributed by atoms with Crippen LogP contribution in [0.5, 0.6) is 0 Å². The van der Waals surface area contributed by atoms with Crippen molar-refractivity contribution >= 4 is 6.03 Å². The van der Waals surface area contributed by atoms with E-state index in [0.29, 0.717) is 12.0 Å². The molecule has 3 fully saturated rings. The van der Waals surface area contributed by atoms with Crippen LogP contribution >= 0.6 is 0 Å². The molecule has 1 aliphatic heterocycles. The van der Waals surface area contributed by atoms with Crippen molar-refractivity contribution in [3.8, 4) is 0 Å². The van der Waals surface area contributed by atoms with Gasteiger partial charge in [-0.3, -0.25) is 0 Å². The molecule has 21 heavy (non-hydrogen) atoms. The Morgan fingerprint density at radius 1 is 0.905 bits per heavy atom. The Kier molecular flexibility index (Phi) is 5.04. The molecule has 2 amide bonds. The van der Waals surface area contributed by atoms with Gasteiger partial charge < -0.3 is 15.3 Å². The van der Waals surface area contributed by atoms with Gasteiger partial charge in [-0.2, -0.15) is 0 Å². The van der Waals surface area contributed by atoms with Crippen molar-refractivity contribution in [1.29, 1.82) is 0 Å². The topological polar surface area (TPSA) is 52.6 Å². The Balaban J connectivity index is 1.63. The van der Waals surface area contributed by atoms with Gasteiger partial charge in [0, 0.05) is 24.5 Å². The van der Waals surface area contributed by atoms with Crippen molar-refractivity contribution in [3.63, 3.8) is 0 Å². The van der Waals surface area contributed by atoms with Gasteiger partial charge in [0.1, 0.15) is 0 Å². The summed E-state index contributed by atoms with van der Waals surface area (Å²) in [6.07, 6.45) is 12.3. The average molecular weight is 294 g/mol. The molecule has 0 radical (unpaired) electrons. The standard InChI is InChI=1S/C17H30N2O2/c20-16-11-4-3-9-14(16)15-10-5-6-12-19(15)17(21)18-13-7-1-2-8-13/h13-16,20H,1-12H2,(H,18,21). The van der Waals surface area contributed by atoms with E-state index >= 15 is 0 Å². The second-order valence-electron chi connectivity index (χ2n) is 7.20. The number of rotatable bonds is 2. The van der Waals surface area contributed by atoms with E-state index in [2.05, 4.69) is 10.2 Å². The van der Waals surface area contributed by atoms with Crippen LogP contribution in [0.1, 0.15) is 70.6 Å². The summed E-state index contributed by atoms with van der Waals surface area (Å²) in [6.45, 7) is 0.867. The van der Waals surface area contributed by atoms with Crippen LogP contribution in [0.4, 0.5) is 4.79 Å². The largest absolute Gasteiger partial charge is 0.393 e. The maximum Gasteiger partial charge on any atom is 0.317 e. The van der Waals surface area contributed by atoms with Crippen molar-refractivity contribution in [2.24, 2.45) is 5.92 Å². The van der Waals surface area contributed by atoms with Gasteiger partial charge in [-0.1, -0.05) is 25.7 Å². The molecule has 1 saturated heterocycles. The van der Waals surface area contributed by atoms with Gasteiger partial charge in [0.15, 0.2) is 0 Å². The highest BCUT2D eigenvalue weighted by atomic mass is 16.3. The van der Waals surface area contributed by atoms with Crippen LogP contribution in [-0.2, 0) is 0 Å². The summed E-state index contributed by atoms with van der Waals surface area (Å²) in [5.74, 6) is 0.299. The number of hydrogen-bond donors (Lipinski definition) is 2. The van der Waals surface area contributed by atoms with Crippen molar-refractivity contribution in [3.05, 3.63) is 0 Å². The van der Waals surface area contributed by atoms with E-state index in [1.165, 1.54) is 25.7 Å². The first-order valence-electron chi connectivity index (χ1n) is 9.01. The van der Waals surface area contributed by atoms with Gasteiger partial charge in [-0.15, -0.1) is 0 Å². The zero-order valence-corrected chi connectivity index (χ0v) is 13.1. The molecule has 0 aromatic rings. The number of nitrogens with zero attached hydrogens (tertiary/aromatic N) is 1. The summed E-state index contributed by atoms with van der Waals surface area (Å²) >= 11 is 0. The minimum Gasteiger partial charge on any atom is -0.393 e. The molecule has 2 aliphatic carbocycles. The summed E-state index contributed by atoms with van der Waals surface area (Å²) in [5.41, 5.74) is 0. The molecule has 2 saturated carbocycles. The number of carbonyl (C=O) groups is 1. The first-order chi connectivity index (χ1) is 10.3. The summed E-state index contributed by atoms with van der Waals surface area (Å²) in [4.78, 5) is 14.7. The molecule has 1 heterocycles.